The van der Waals surface area contributed by atoms with Crippen LogP contribution in [0.5, 0.6) is 0 Å². The maximum atomic E-state index is 13.6. The molecule has 180 valence electrons. The highest BCUT2D eigenvalue weighted by molar-refractivity contribution is 5.85. The standard InChI is InChI=1S/C30H30F2N2O/c31-24-8-11-26(12-9-24)34-20-22(27-6-1-2-7-29(27)34)5-3-4-16-33-17-14-30(15-18-33)28-13-10-25(32)19-23(28)21-35-30/h1-2,6-13,19-20H,3-5,14-18,21H2. The third-order valence-corrected chi connectivity index (χ3v) is 7.80. The average Bonchev–Trinajstić information content (AvgIpc) is 3.42. The number of fused-ring (bicyclic) bond motifs is 3. The Bertz CT molecular complexity index is 1340. The summed E-state index contributed by atoms with van der Waals surface area (Å²) in [5.41, 5.74) is 5.46. The molecule has 0 atom stereocenters. The fourth-order valence-corrected chi connectivity index (χ4v) is 5.89. The van der Waals surface area contributed by atoms with E-state index in [1.54, 1.807) is 12.1 Å². The molecule has 1 aromatic heterocycles. The van der Waals surface area contributed by atoms with Crippen molar-refractivity contribution in [1.82, 2.24) is 9.47 Å². The van der Waals surface area contributed by atoms with E-state index >= 15 is 0 Å². The molecule has 2 aliphatic rings. The van der Waals surface area contributed by atoms with Crippen molar-refractivity contribution >= 4 is 10.9 Å². The lowest BCUT2D eigenvalue weighted by Gasteiger charge is -2.39. The highest BCUT2D eigenvalue weighted by atomic mass is 19.1. The predicted octanol–water partition coefficient (Wildman–Crippen LogP) is 6.75. The van der Waals surface area contributed by atoms with Crippen molar-refractivity contribution in [3.05, 3.63) is 101 Å². The van der Waals surface area contributed by atoms with Crippen LogP contribution in [0.2, 0.25) is 0 Å². The molecule has 1 fully saturated rings. The normalized spacial score (nSPS) is 17.3. The Hall–Kier alpha value is -3.02. The Kier molecular flexibility index (Phi) is 5.91. The summed E-state index contributed by atoms with van der Waals surface area (Å²) in [6.07, 6.45) is 7.44. The lowest BCUT2D eigenvalue weighted by Crippen LogP contribution is -2.42. The van der Waals surface area contributed by atoms with Gasteiger partial charge in [0.2, 0.25) is 0 Å². The number of ether oxygens (including phenoxy) is 1. The van der Waals surface area contributed by atoms with Crippen molar-refractivity contribution in [1.29, 1.82) is 0 Å². The van der Waals surface area contributed by atoms with Crippen molar-refractivity contribution in [2.75, 3.05) is 19.6 Å². The maximum absolute atomic E-state index is 13.6. The van der Waals surface area contributed by atoms with Gasteiger partial charge in [-0.3, -0.25) is 0 Å². The first-order valence-corrected chi connectivity index (χ1v) is 12.6. The largest absolute Gasteiger partial charge is 0.365 e. The lowest BCUT2D eigenvalue weighted by molar-refractivity contribution is -0.0788. The molecule has 35 heavy (non-hydrogen) atoms. The molecule has 0 bridgehead atoms. The zero-order valence-corrected chi connectivity index (χ0v) is 19.9. The van der Waals surface area contributed by atoms with Crippen molar-refractivity contribution in [3.63, 3.8) is 0 Å². The predicted molar refractivity (Wildman–Crippen MR) is 135 cm³/mol. The number of aryl methyl sites for hydroxylation is 1. The molecular formula is C30H30F2N2O. The van der Waals surface area contributed by atoms with E-state index in [0.717, 1.165) is 68.5 Å². The van der Waals surface area contributed by atoms with Gasteiger partial charge in [-0.25, -0.2) is 8.78 Å². The summed E-state index contributed by atoms with van der Waals surface area (Å²) in [7, 11) is 0. The molecule has 3 heterocycles. The zero-order valence-electron chi connectivity index (χ0n) is 19.9. The number of hydrogen-bond donors (Lipinski definition) is 0. The van der Waals surface area contributed by atoms with Crippen molar-refractivity contribution in [3.8, 4) is 5.69 Å². The Morgan fingerprint density at radius 1 is 0.857 bits per heavy atom. The smallest absolute Gasteiger partial charge is 0.123 e. The summed E-state index contributed by atoms with van der Waals surface area (Å²) in [5.74, 6) is -0.394. The van der Waals surface area contributed by atoms with Crippen LogP contribution in [0.1, 0.15) is 42.4 Å². The van der Waals surface area contributed by atoms with Crippen LogP contribution in [0, 0.1) is 11.6 Å². The molecule has 1 saturated heterocycles. The first-order valence-electron chi connectivity index (χ1n) is 12.6. The quantitative estimate of drug-likeness (QED) is 0.289. The minimum atomic E-state index is -0.221. The SMILES string of the molecule is Fc1ccc(-n2cc(CCCCN3CCC4(CC3)OCc3cc(F)ccc34)c3ccccc32)cc1. The molecule has 4 aromatic rings. The molecule has 6 rings (SSSR count). The lowest BCUT2D eigenvalue weighted by atomic mass is 9.83. The fraction of sp³-hybridized carbons (Fsp3) is 0.333. The topological polar surface area (TPSA) is 17.4 Å². The number of halogens is 2. The summed E-state index contributed by atoms with van der Waals surface area (Å²) in [6.45, 7) is 3.64. The Morgan fingerprint density at radius 2 is 1.63 bits per heavy atom. The minimum absolute atomic E-state index is 0.178. The molecule has 0 radical (unpaired) electrons. The summed E-state index contributed by atoms with van der Waals surface area (Å²) >= 11 is 0. The van der Waals surface area contributed by atoms with E-state index < -0.39 is 0 Å². The number of benzene rings is 3. The molecule has 1 spiro atoms. The van der Waals surface area contributed by atoms with Crippen LogP contribution < -0.4 is 0 Å². The second-order valence-electron chi connectivity index (χ2n) is 9.90. The van der Waals surface area contributed by atoms with Gasteiger partial charge in [0.05, 0.1) is 17.7 Å². The van der Waals surface area contributed by atoms with E-state index in [1.165, 1.54) is 28.6 Å². The Balaban J connectivity index is 1.06. The Morgan fingerprint density at radius 3 is 2.46 bits per heavy atom. The molecule has 0 saturated carbocycles. The van der Waals surface area contributed by atoms with Gasteiger partial charge in [-0.05, 0) is 97.8 Å². The number of rotatable bonds is 6. The summed E-state index contributed by atoms with van der Waals surface area (Å²) in [4.78, 5) is 2.54. The first kappa shape index (κ1) is 22.4. The number of unbranched alkanes of at least 4 members (excludes halogenated alkanes) is 1. The van der Waals surface area contributed by atoms with E-state index in [9.17, 15) is 8.78 Å². The third kappa shape index (κ3) is 4.28. The summed E-state index contributed by atoms with van der Waals surface area (Å²) < 4.78 is 35.4. The number of piperidine rings is 1. The number of para-hydroxylation sites is 1. The van der Waals surface area contributed by atoms with E-state index in [2.05, 4.69) is 39.9 Å². The van der Waals surface area contributed by atoms with Gasteiger partial charge in [-0.15, -0.1) is 0 Å². The number of hydrogen-bond acceptors (Lipinski definition) is 2. The van der Waals surface area contributed by atoms with Gasteiger partial charge < -0.3 is 14.2 Å². The molecule has 5 heteroatoms. The van der Waals surface area contributed by atoms with Crippen LogP contribution >= 0.6 is 0 Å². The van der Waals surface area contributed by atoms with E-state index in [-0.39, 0.29) is 17.2 Å². The number of nitrogens with zero attached hydrogens (tertiary/aromatic N) is 2. The highest BCUT2D eigenvalue weighted by Crippen LogP contribution is 2.44. The number of aromatic nitrogens is 1. The molecule has 3 aromatic carbocycles. The van der Waals surface area contributed by atoms with Gasteiger partial charge in [0, 0.05) is 30.4 Å². The van der Waals surface area contributed by atoms with Gasteiger partial charge in [0.25, 0.3) is 0 Å². The first-order chi connectivity index (χ1) is 17.1. The van der Waals surface area contributed by atoms with Crippen LogP contribution in [0.4, 0.5) is 8.78 Å². The Labute approximate surface area is 204 Å². The average molecular weight is 473 g/mol. The van der Waals surface area contributed by atoms with Gasteiger partial charge >= 0.3 is 0 Å². The molecule has 0 unspecified atom stereocenters. The van der Waals surface area contributed by atoms with Gasteiger partial charge in [0.1, 0.15) is 11.6 Å². The summed E-state index contributed by atoms with van der Waals surface area (Å²) in [5, 5.41) is 1.27. The summed E-state index contributed by atoms with van der Waals surface area (Å²) in [6, 6.07) is 20.3. The monoisotopic (exact) mass is 472 g/mol. The maximum Gasteiger partial charge on any atom is 0.123 e. The minimum Gasteiger partial charge on any atom is -0.365 e. The van der Waals surface area contributed by atoms with Crippen molar-refractivity contribution in [2.45, 2.75) is 44.3 Å². The molecule has 2 aliphatic heterocycles. The second-order valence-corrected chi connectivity index (χ2v) is 9.90. The van der Waals surface area contributed by atoms with Crippen molar-refractivity contribution < 1.29 is 13.5 Å². The van der Waals surface area contributed by atoms with Gasteiger partial charge in [0.15, 0.2) is 0 Å². The second kappa shape index (κ2) is 9.21. The van der Waals surface area contributed by atoms with Crippen LogP contribution in [-0.2, 0) is 23.4 Å². The van der Waals surface area contributed by atoms with Crippen LogP contribution in [0.15, 0.2) is 72.9 Å². The fourth-order valence-electron chi connectivity index (χ4n) is 5.89. The number of likely N-dealkylation sites (tertiary alicyclic amines) is 1. The van der Waals surface area contributed by atoms with Crippen LogP contribution in [0.3, 0.4) is 0 Å². The van der Waals surface area contributed by atoms with E-state index in [1.807, 2.05) is 18.2 Å². The molecule has 0 N–H and O–H groups in total. The highest BCUT2D eigenvalue weighted by Gasteiger charge is 2.42. The molecular weight excluding hydrogens is 442 g/mol. The van der Waals surface area contributed by atoms with E-state index in [4.69, 9.17) is 4.74 Å². The van der Waals surface area contributed by atoms with Gasteiger partial charge in [-0.2, -0.15) is 0 Å². The van der Waals surface area contributed by atoms with E-state index in [0.29, 0.717) is 6.61 Å². The molecule has 0 aliphatic carbocycles. The van der Waals surface area contributed by atoms with Crippen LogP contribution in [0.25, 0.3) is 16.6 Å². The van der Waals surface area contributed by atoms with Gasteiger partial charge in [-0.1, -0.05) is 24.3 Å². The third-order valence-electron chi connectivity index (χ3n) is 7.80. The van der Waals surface area contributed by atoms with Crippen molar-refractivity contribution in [2.24, 2.45) is 0 Å². The molecule has 0 amide bonds. The zero-order chi connectivity index (χ0) is 23.8. The molecule has 3 nitrogen and oxygen atoms in total. The van der Waals surface area contributed by atoms with Crippen LogP contribution in [-0.4, -0.2) is 29.1 Å².